The fourth-order valence-corrected chi connectivity index (χ4v) is 6.00. The maximum atomic E-state index is 13.6. The zero-order valence-electron chi connectivity index (χ0n) is 20.1. The molecule has 11 nitrogen and oxygen atoms in total. The van der Waals surface area contributed by atoms with E-state index in [1.165, 1.54) is 0 Å². The van der Waals surface area contributed by atoms with E-state index in [9.17, 15) is 24.7 Å². The number of hydrogen-bond acceptors (Lipinski definition) is 6. The van der Waals surface area contributed by atoms with Crippen molar-refractivity contribution >= 4 is 34.6 Å². The van der Waals surface area contributed by atoms with Crippen molar-refractivity contribution in [3.05, 3.63) is 24.5 Å². The molecular weight excluding hydrogens is 452 g/mol. The average Bonchev–Trinajstić information content (AvgIpc) is 3.29. The number of piperazine rings is 1. The minimum absolute atomic E-state index is 0.236. The van der Waals surface area contributed by atoms with Gasteiger partial charge in [0.05, 0.1) is 23.3 Å². The third-order valence-electron chi connectivity index (χ3n) is 8.27. The van der Waals surface area contributed by atoms with Crippen molar-refractivity contribution in [2.45, 2.75) is 39.3 Å². The first-order chi connectivity index (χ1) is 16.8. The van der Waals surface area contributed by atoms with E-state index in [0.717, 1.165) is 34.6 Å². The lowest BCUT2D eigenvalue weighted by molar-refractivity contribution is -0.150. The Balaban J connectivity index is 1.32. The van der Waals surface area contributed by atoms with Crippen molar-refractivity contribution in [3.8, 4) is 0 Å². The molecule has 3 amide bonds. The Bertz CT molecular complexity index is 1160. The van der Waals surface area contributed by atoms with Crippen LogP contribution in [0.2, 0.25) is 0 Å². The lowest BCUT2D eigenvalue weighted by Crippen LogP contribution is -2.63. The fourth-order valence-electron chi connectivity index (χ4n) is 6.00. The summed E-state index contributed by atoms with van der Waals surface area (Å²) in [5, 5.41) is 19.3. The summed E-state index contributed by atoms with van der Waals surface area (Å²) in [7, 11) is 0. The normalized spacial score (nSPS) is 28.4. The van der Waals surface area contributed by atoms with Gasteiger partial charge in [-0.2, -0.15) is 0 Å². The summed E-state index contributed by atoms with van der Waals surface area (Å²) >= 11 is 0. The van der Waals surface area contributed by atoms with Crippen LogP contribution in [0.4, 0.5) is 10.5 Å². The Hall–Kier alpha value is -3.34. The van der Waals surface area contributed by atoms with Gasteiger partial charge in [-0.05, 0) is 49.3 Å². The summed E-state index contributed by atoms with van der Waals surface area (Å²) in [4.78, 5) is 47.7. The van der Waals surface area contributed by atoms with E-state index in [4.69, 9.17) is 0 Å². The number of rotatable bonds is 4. The van der Waals surface area contributed by atoms with Crippen LogP contribution in [0.1, 0.15) is 26.7 Å². The summed E-state index contributed by atoms with van der Waals surface area (Å²) < 4.78 is 2.09. The number of hydrogen-bond donors (Lipinski definition) is 3. The van der Waals surface area contributed by atoms with Crippen LogP contribution in [0.3, 0.4) is 0 Å². The Morgan fingerprint density at radius 1 is 1.17 bits per heavy atom. The number of piperidine rings is 1. The highest BCUT2D eigenvalue weighted by Crippen LogP contribution is 2.59. The van der Waals surface area contributed by atoms with Crippen molar-refractivity contribution in [1.82, 2.24) is 24.8 Å². The third-order valence-corrected chi connectivity index (χ3v) is 8.27. The van der Waals surface area contributed by atoms with E-state index in [1.807, 2.05) is 25.4 Å². The number of carbonyl (C=O) groups excluding carboxylic acids is 2. The number of anilines is 1. The summed E-state index contributed by atoms with van der Waals surface area (Å²) in [5.74, 6) is -1.72. The number of imidazole rings is 1. The Morgan fingerprint density at radius 3 is 2.49 bits per heavy atom. The summed E-state index contributed by atoms with van der Waals surface area (Å²) in [5.41, 5.74) is 4.41. The number of aryl methyl sites for hydroxylation is 1. The standard InChI is InChI=1S/C24H32N6O5/c1-3-27-14-25-18-5-4-16(10-19(18)27)28-6-8-29(9-7-28)22(32)20-17(21(31)26-35)12-24(11-15(24)2)13-30(20)23(33)34/h4-5,10,14-15,17,20,35H,3,6-9,11-13H2,1-2H3,(H,26,31)(H,33,34)/t15?,17-,20-,24?/m0/s1. The SMILES string of the molecule is CCn1cnc2ccc(N3CCN(C(=O)[C@@H]4[C@@H](C(=O)NO)CC5(CC5C)CN4C(=O)O)CC3)cc21. The molecule has 35 heavy (non-hydrogen) atoms. The lowest BCUT2D eigenvalue weighted by atomic mass is 9.78. The van der Waals surface area contributed by atoms with Crippen molar-refractivity contribution in [2.75, 3.05) is 37.6 Å². The molecule has 3 aliphatic rings. The maximum Gasteiger partial charge on any atom is 0.408 e. The van der Waals surface area contributed by atoms with E-state index < -0.39 is 24.0 Å². The predicted octanol–water partition coefficient (Wildman–Crippen LogP) is 1.60. The number of hydroxylamine groups is 1. The molecule has 1 saturated carbocycles. The second kappa shape index (κ2) is 8.71. The van der Waals surface area contributed by atoms with Crippen LogP contribution in [-0.2, 0) is 16.1 Å². The van der Waals surface area contributed by atoms with Crippen molar-refractivity contribution in [3.63, 3.8) is 0 Å². The number of carbonyl (C=O) groups is 3. The van der Waals surface area contributed by atoms with Gasteiger partial charge in [0.15, 0.2) is 0 Å². The molecule has 1 aliphatic carbocycles. The second-order valence-electron chi connectivity index (χ2n) is 10.1. The number of nitrogens with one attached hydrogen (secondary N) is 1. The van der Waals surface area contributed by atoms with Crippen molar-refractivity contribution in [2.24, 2.45) is 17.3 Å². The first kappa shape index (κ1) is 23.4. The molecule has 2 saturated heterocycles. The Labute approximate surface area is 203 Å². The van der Waals surface area contributed by atoms with Crippen LogP contribution in [-0.4, -0.2) is 86.3 Å². The molecule has 0 radical (unpaired) electrons. The minimum atomic E-state index is -1.21. The maximum absolute atomic E-state index is 13.6. The largest absolute Gasteiger partial charge is 0.465 e. The Kier molecular flexibility index (Phi) is 5.82. The van der Waals surface area contributed by atoms with Gasteiger partial charge >= 0.3 is 6.09 Å². The molecule has 2 unspecified atom stereocenters. The van der Waals surface area contributed by atoms with Crippen LogP contribution in [0.15, 0.2) is 24.5 Å². The van der Waals surface area contributed by atoms with Gasteiger partial charge in [0.2, 0.25) is 11.8 Å². The van der Waals surface area contributed by atoms with E-state index in [-0.39, 0.29) is 23.8 Å². The third kappa shape index (κ3) is 3.97. The number of nitrogens with zero attached hydrogens (tertiary/aromatic N) is 5. The highest BCUT2D eigenvalue weighted by atomic mass is 16.5. The highest BCUT2D eigenvalue weighted by molar-refractivity contribution is 5.92. The molecule has 5 rings (SSSR count). The van der Waals surface area contributed by atoms with E-state index in [1.54, 1.807) is 10.4 Å². The zero-order valence-corrected chi connectivity index (χ0v) is 20.1. The van der Waals surface area contributed by atoms with Crippen molar-refractivity contribution < 1.29 is 24.7 Å². The first-order valence-corrected chi connectivity index (χ1v) is 12.2. The quantitative estimate of drug-likeness (QED) is 0.444. The monoisotopic (exact) mass is 484 g/mol. The molecule has 1 spiro atoms. The number of carboxylic acid groups (broad SMARTS) is 1. The Morgan fingerprint density at radius 2 is 1.89 bits per heavy atom. The highest BCUT2D eigenvalue weighted by Gasteiger charge is 2.61. The van der Waals surface area contributed by atoms with Crippen LogP contribution in [0, 0.1) is 17.3 Å². The number of amides is 3. The van der Waals surface area contributed by atoms with Crippen LogP contribution >= 0.6 is 0 Å². The van der Waals surface area contributed by atoms with Crippen LogP contribution < -0.4 is 10.4 Å². The molecule has 3 N–H and O–H groups in total. The van der Waals surface area contributed by atoms with Gasteiger partial charge in [0, 0.05) is 45.0 Å². The van der Waals surface area contributed by atoms with E-state index >= 15 is 0 Å². The van der Waals surface area contributed by atoms with Gasteiger partial charge in [-0.3, -0.25) is 19.7 Å². The molecule has 3 fully saturated rings. The summed E-state index contributed by atoms with van der Waals surface area (Å²) in [6, 6.07) is 4.99. The number of likely N-dealkylation sites (tertiary alicyclic amines) is 1. The molecule has 2 aliphatic heterocycles. The molecule has 1 aromatic heterocycles. The molecule has 2 aromatic rings. The van der Waals surface area contributed by atoms with Gasteiger partial charge < -0.3 is 19.5 Å². The van der Waals surface area contributed by atoms with Gasteiger partial charge in [-0.15, -0.1) is 0 Å². The molecule has 4 atom stereocenters. The minimum Gasteiger partial charge on any atom is -0.465 e. The molecule has 3 heterocycles. The van der Waals surface area contributed by atoms with Crippen molar-refractivity contribution in [1.29, 1.82) is 0 Å². The zero-order chi connectivity index (χ0) is 24.9. The lowest BCUT2D eigenvalue weighted by Gasteiger charge is -2.45. The summed E-state index contributed by atoms with van der Waals surface area (Å²) in [6.07, 6.45) is 1.82. The molecular formula is C24H32N6O5. The number of fused-ring (bicyclic) bond motifs is 1. The molecule has 0 bridgehead atoms. The van der Waals surface area contributed by atoms with E-state index in [0.29, 0.717) is 32.6 Å². The smallest absolute Gasteiger partial charge is 0.408 e. The predicted molar refractivity (Wildman–Crippen MR) is 127 cm³/mol. The fraction of sp³-hybridized carbons (Fsp3) is 0.583. The molecule has 11 heteroatoms. The first-order valence-electron chi connectivity index (χ1n) is 12.2. The topological polar surface area (TPSA) is 131 Å². The van der Waals surface area contributed by atoms with Crippen LogP contribution in [0.5, 0.6) is 0 Å². The number of aromatic nitrogens is 2. The van der Waals surface area contributed by atoms with Gasteiger partial charge in [-0.25, -0.2) is 15.3 Å². The van der Waals surface area contributed by atoms with Gasteiger partial charge in [-0.1, -0.05) is 6.92 Å². The van der Waals surface area contributed by atoms with E-state index in [2.05, 4.69) is 27.4 Å². The molecule has 1 aromatic carbocycles. The number of benzene rings is 1. The van der Waals surface area contributed by atoms with Gasteiger partial charge in [0.1, 0.15) is 6.04 Å². The van der Waals surface area contributed by atoms with Crippen LogP contribution in [0.25, 0.3) is 11.0 Å². The second-order valence-corrected chi connectivity index (χ2v) is 10.1. The summed E-state index contributed by atoms with van der Waals surface area (Å²) in [6.45, 7) is 7.18. The van der Waals surface area contributed by atoms with Gasteiger partial charge in [0.25, 0.3) is 0 Å². The average molecular weight is 485 g/mol. The molecule has 188 valence electrons.